The number of ether oxygens (including phenoxy) is 1. The molecule has 1 atom stereocenters. The average Bonchev–Trinajstić information content (AvgIpc) is 3.10. The standard InChI is InChI=1S/C22H26F3N3O4/c1-2-32-21(31)17-7-3-6-16-15-8-10-28(11-18(15)27-20(16)17)12-19(30)26-9-4-5-14(13-29)22(23,24)25/h3,6-8,10,14,27,29H,2,4-5,9,11-13H2,1H3,(H,26,30). The number of hydrogen-bond donors (Lipinski definition) is 3. The van der Waals surface area contributed by atoms with Crippen molar-refractivity contribution in [1.29, 1.82) is 0 Å². The van der Waals surface area contributed by atoms with Gasteiger partial charge in [0, 0.05) is 29.4 Å². The molecule has 1 aliphatic heterocycles. The smallest absolute Gasteiger partial charge is 0.394 e. The minimum atomic E-state index is -4.44. The van der Waals surface area contributed by atoms with Crippen LogP contribution in [0, 0.1) is 5.92 Å². The van der Waals surface area contributed by atoms with E-state index in [1.807, 2.05) is 12.1 Å². The molecule has 3 rings (SSSR count). The quantitative estimate of drug-likeness (QED) is 0.401. The third-order valence-electron chi connectivity index (χ3n) is 5.35. The molecule has 1 unspecified atom stereocenters. The summed E-state index contributed by atoms with van der Waals surface area (Å²) in [4.78, 5) is 29.4. The molecule has 1 aliphatic rings. The number of nitrogens with zero attached hydrogens (tertiary/aromatic N) is 1. The van der Waals surface area contributed by atoms with E-state index in [0.29, 0.717) is 17.6 Å². The van der Waals surface area contributed by atoms with E-state index in [4.69, 9.17) is 9.84 Å². The summed E-state index contributed by atoms with van der Waals surface area (Å²) in [5.74, 6) is -2.50. The molecule has 2 aromatic rings. The second-order valence-corrected chi connectivity index (χ2v) is 7.60. The molecular weight excluding hydrogens is 427 g/mol. The number of nitrogens with one attached hydrogen (secondary N) is 2. The van der Waals surface area contributed by atoms with Crippen LogP contribution in [0.2, 0.25) is 0 Å². The SMILES string of the molecule is CCOC(=O)c1cccc2c3c([nH]c12)CN(CC(=O)NCCCC(CO)C(F)(F)F)C=C3. The lowest BCUT2D eigenvalue weighted by Gasteiger charge is -2.23. The molecule has 32 heavy (non-hydrogen) atoms. The van der Waals surface area contributed by atoms with E-state index >= 15 is 0 Å². The van der Waals surface area contributed by atoms with Crippen LogP contribution in [0.5, 0.6) is 0 Å². The Labute approximate surface area is 183 Å². The molecule has 0 fully saturated rings. The molecule has 3 N–H and O–H groups in total. The molecule has 174 valence electrons. The summed E-state index contributed by atoms with van der Waals surface area (Å²) in [5.41, 5.74) is 2.90. The van der Waals surface area contributed by atoms with E-state index in [-0.39, 0.29) is 38.4 Å². The highest BCUT2D eigenvalue weighted by Gasteiger charge is 2.38. The molecule has 0 saturated carbocycles. The number of para-hydroxylation sites is 1. The van der Waals surface area contributed by atoms with Crippen LogP contribution in [0.25, 0.3) is 17.0 Å². The fourth-order valence-electron chi connectivity index (χ4n) is 3.71. The highest BCUT2D eigenvalue weighted by Crippen LogP contribution is 2.31. The number of aromatic nitrogens is 1. The van der Waals surface area contributed by atoms with Crippen LogP contribution in [0.3, 0.4) is 0 Å². The molecule has 1 amide bonds. The molecule has 0 radical (unpaired) electrons. The summed E-state index contributed by atoms with van der Waals surface area (Å²) < 4.78 is 43.0. The maximum absolute atomic E-state index is 12.6. The van der Waals surface area contributed by atoms with E-state index < -0.39 is 24.7 Å². The number of H-pyrrole nitrogens is 1. The van der Waals surface area contributed by atoms with Crippen molar-refractivity contribution in [3.05, 3.63) is 41.2 Å². The van der Waals surface area contributed by atoms with Gasteiger partial charge < -0.3 is 25.0 Å². The van der Waals surface area contributed by atoms with Crippen LogP contribution >= 0.6 is 0 Å². The highest BCUT2D eigenvalue weighted by atomic mass is 19.4. The lowest BCUT2D eigenvalue weighted by molar-refractivity contribution is -0.185. The summed E-state index contributed by atoms with van der Waals surface area (Å²) in [5, 5.41) is 12.3. The molecule has 0 spiro atoms. The summed E-state index contributed by atoms with van der Waals surface area (Å²) in [6.45, 7) is 1.61. The van der Waals surface area contributed by atoms with Gasteiger partial charge in [-0.25, -0.2) is 4.79 Å². The largest absolute Gasteiger partial charge is 0.462 e. The molecule has 0 aliphatic carbocycles. The Morgan fingerprint density at radius 2 is 2.12 bits per heavy atom. The van der Waals surface area contributed by atoms with E-state index in [1.54, 1.807) is 30.2 Å². The fraction of sp³-hybridized carbons (Fsp3) is 0.455. The molecule has 7 nitrogen and oxygen atoms in total. The Morgan fingerprint density at radius 3 is 2.81 bits per heavy atom. The van der Waals surface area contributed by atoms with Crippen molar-refractivity contribution in [2.24, 2.45) is 5.92 Å². The topological polar surface area (TPSA) is 94.7 Å². The maximum atomic E-state index is 12.6. The van der Waals surface area contributed by atoms with Gasteiger partial charge >= 0.3 is 12.1 Å². The summed E-state index contributed by atoms with van der Waals surface area (Å²) in [7, 11) is 0. The number of halogens is 3. The van der Waals surface area contributed by atoms with Gasteiger partial charge in [-0.2, -0.15) is 13.2 Å². The van der Waals surface area contributed by atoms with E-state index in [2.05, 4.69) is 10.3 Å². The Bertz CT molecular complexity index is 1000. The summed E-state index contributed by atoms with van der Waals surface area (Å²) in [6, 6.07) is 5.38. The number of esters is 1. The van der Waals surface area contributed by atoms with Crippen LogP contribution in [0.15, 0.2) is 24.4 Å². The number of hydrogen-bond acceptors (Lipinski definition) is 5. The minimum absolute atomic E-state index is 0.0404. The Morgan fingerprint density at radius 1 is 1.34 bits per heavy atom. The maximum Gasteiger partial charge on any atom is 0.394 e. The van der Waals surface area contributed by atoms with Gasteiger partial charge in [-0.1, -0.05) is 12.1 Å². The van der Waals surface area contributed by atoms with E-state index in [9.17, 15) is 22.8 Å². The first-order chi connectivity index (χ1) is 15.2. The lowest BCUT2D eigenvalue weighted by Crippen LogP contribution is -2.36. The van der Waals surface area contributed by atoms with Crippen LogP contribution in [0.1, 0.15) is 41.4 Å². The molecular formula is C22H26F3N3O4. The number of fused-ring (bicyclic) bond motifs is 3. The van der Waals surface area contributed by atoms with Crippen LogP contribution in [0.4, 0.5) is 13.2 Å². The first kappa shape index (κ1) is 23.6. The Hall–Kier alpha value is -3.01. The minimum Gasteiger partial charge on any atom is -0.462 e. The second kappa shape index (κ2) is 10.1. The fourth-order valence-corrected chi connectivity index (χ4v) is 3.71. The predicted molar refractivity (Wildman–Crippen MR) is 113 cm³/mol. The van der Waals surface area contributed by atoms with Gasteiger partial charge in [0.2, 0.25) is 5.91 Å². The van der Waals surface area contributed by atoms with Gasteiger partial charge in [-0.15, -0.1) is 0 Å². The molecule has 2 heterocycles. The van der Waals surface area contributed by atoms with Crippen molar-refractivity contribution in [3.63, 3.8) is 0 Å². The number of aromatic amines is 1. The van der Waals surface area contributed by atoms with Gasteiger partial charge in [0.05, 0.1) is 43.3 Å². The first-order valence-electron chi connectivity index (χ1n) is 10.4. The van der Waals surface area contributed by atoms with Crippen LogP contribution < -0.4 is 5.32 Å². The normalized spacial score (nSPS) is 14.3. The molecule has 1 aromatic heterocycles. The number of rotatable bonds is 9. The zero-order valence-corrected chi connectivity index (χ0v) is 17.7. The zero-order chi connectivity index (χ0) is 23.3. The third-order valence-corrected chi connectivity index (χ3v) is 5.35. The molecule has 0 saturated heterocycles. The number of benzene rings is 1. The molecule has 10 heteroatoms. The van der Waals surface area contributed by atoms with E-state index in [0.717, 1.165) is 16.6 Å². The van der Waals surface area contributed by atoms with Crippen LogP contribution in [-0.4, -0.2) is 59.3 Å². The lowest BCUT2D eigenvalue weighted by atomic mass is 10.0. The number of carbonyl (C=O) groups is 2. The number of aliphatic hydroxyl groups is 1. The van der Waals surface area contributed by atoms with Gasteiger partial charge in [-0.05, 0) is 31.9 Å². The van der Waals surface area contributed by atoms with Crippen molar-refractivity contribution in [2.45, 2.75) is 32.5 Å². The monoisotopic (exact) mass is 453 g/mol. The predicted octanol–water partition coefficient (Wildman–Crippen LogP) is 3.20. The number of aliphatic hydroxyl groups excluding tert-OH is 1. The number of amides is 1. The zero-order valence-electron chi connectivity index (χ0n) is 17.7. The Kier molecular flexibility index (Phi) is 7.44. The van der Waals surface area contributed by atoms with Crippen molar-refractivity contribution in [2.75, 3.05) is 26.3 Å². The van der Waals surface area contributed by atoms with E-state index in [1.165, 1.54) is 0 Å². The molecule has 1 aromatic carbocycles. The average molecular weight is 453 g/mol. The first-order valence-corrected chi connectivity index (χ1v) is 10.4. The van der Waals surface area contributed by atoms with Gasteiger partial charge in [0.25, 0.3) is 0 Å². The van der Waals surface area contributed by atoms with Crippen molar-refractivity contribution in [3.8, 4) is 0 Å². The number of carbonyl (C=O) groups excluding carboxylic acids is 2. The summed E-state index contributed by atoms with van der Waals surface area (Å²) in [6.07, 6.45) is -0.936. The Balaban J connectivity index is 1.56. The second-order valence-electron chi connectivity index (χ2n) is 7.60. The van der Waals surface area contributed by atoms with Gasteiger partial charge in [-0.3, -0.25) is 4.79 Å². The van der Waals surface area contributed by atoms with Crippen molar-refractivity contribution >= 4 is 28.9 Å². The molecule has 0 bridgehead atoms. The number of alkyl halides is 3. The van der Waals surface area contributed by atoms with Gasteiger partial charge in [0.1, 0.15) is 0 Å². The van der Waals surface area contributed by atoms with Crippen molar-refractivity contribution < 1.29 is 32.6 Å². The van der Waals surface area contributed by atoms with Gasteiger partial charge in [0.15, 0.2) is 0 Å². The van der Waals surface area contributed by atoms with Crippen molar-refractivity contribution in [1.82, 2.24) is 15.2 Å². The van der Waals surface area contributed by atoms with Crippen LogP contribution in [-0.2, 0) is 16.1 Å². The highest BCUT2D eigenvalue weighted by molar-refractivity contribution is 6.05. The summed E-state index contributed by atoms with van der Waals surface area (Å²) >= 11 is 0. The third kappa shape index (κ3) is 5.42.